The topological polar surface area (TPSA) is 88.2 Å². The van der Waals surface area contributed by atoms with Crippen LogP contribution in [0.4, 0.5) is 0 Å². The molecule has 0 aromatic carbocycles. The molecule has 0 heterocycles. The summed E-state index contributed by atoms with van der Waals surface area (Å²) in [6.45, 7) is 6.52. The van der Waals surface area contributed by atoms with Crippen LogP contribution in [0, 0.1) is 22.7 Å². The van der Waals surface area contributed by atoms with Gasteiger partial charge in [-0.2, -0.15) is 10.5 Å². The van der Waals surface area contributed by atoms with Gasteiger partial charge in [0.05, 0.1) is 12.1 Å². The predicted molar refractivity (Wildman–Crippen MR) is 83.3 cm³/mol. The molecule has 0 saturated heterocycles. The molecule has 0 rings (SSSR count). The molecule has 120 valence electrons. The van der Waals surface area contributed by atoms with Crippen LogP contribution < -0.4 is 0 Å². The fourth-order valence-corrected chi connectivity index (χ4v) is 1.85. The summed E-state index contributed by atoms with van der Waals surface area (Å²) in [6.07, 6.45) is 4.82. The number of carbonyl (C=O) groups is 2. The first-order chi connectivity index (χ1) is 10.5. The van der Waals surface area contributed by atoms with E-state index in [-0.39, 0.29) is 18.4 Å². The van der Waals surface area contributed by atoms with Gasteiger partial charge in [0.25, 0.3) is 0 Å². The van der Waals surface area contributed by atoms with Crippen molar-refractivity contribution < 1.29 is 9.59 Å². The molecule has 22 heavy (non-hydrogen) atoms. The summed E-state index contributed by atoms with van der Waals surface area (Å²) in [5, 5.41) is 17.7. The summed E-state index contributed by atoms with van der Waals surface area (Å²) in [5.74, 6) is -0.721. The lowest BCUT2D eigenvalue weighted by Crippen LogP contribution is -2.37. The molecule has 0 bridgehead atoms. The van der Waals surface area contributed by atoms with Gasteiger partial charge >= 0.3 is 0 Å². The minimum absolute atomic E-state index is 0.00460. The molecule has 2 amide bonds. The molecule has 6 nitrogen and oxygen atoms in total. The van der Waals surface area contributed by atoms with Gasteiger partial charge in [-0.05, 0) is 19.8 Å². The SMILES string of the molecule is CCCCN(CC#N)C(=O)/C=C/C(=O)N(CCC)[C@@H](C)C#N. The van der Waals surface area contributed by atoms with E-state index >= 15 is 0 Å². The van der Waals surface area contributed by atoms with Gasteiger partial charge in [-0.3, -0.25) is 9.59 Å². The zero-order valence-corrected chi connectivity index (χ0v) is 13.6. The van der Waals surface area contributed by atoms with E-state index in [9.17, 15) is 9.59 Å². The van der Waals surface area contributed by atoms with Crippen molar-refractivity contribution in [1.29, 1.82) is 10.5 Å². The van der Waals surface area contributed by atoms with Gasteiger partial charge in [-0.1, -0.05) is 20.3 Å². The highest BCUT2D eigenvalue weighted by Gasteiger charge is 2.17. The third-order valence-corrected chi connectivity index (χ3v) is 3.13. The van der Waals surface area contributed by atoms with Crippen LogP contribution in [-0.2, 0) is 9.59 Å². The van der Waals surface area contributed by atoms with Crippen LogP contribution in [0.3, 0.4) is 0 Å². The standard InChI is InChI=1S/C16H24N4O2/c1-4-6-11-19(12-9-17)15(21)7-8-16(22)20(10-5-2)14(3)13-18/h7-8,14H,4-6,10-12H2,1-3H3/b8-7+/t14-/m0/s1. The molecule has 0 spiro atoms. The number of nitriles is 2. The maximum atomic E-state index is 12.1. The van der Waals surface area contributed by atoms with E-state index in [1.54, 1.807) is 6.92 Å². The second kappa shape index (κ2) is 11.3. The van der Waals surface area contributed by atoms with Gasteiger partial charge in [0.2, 0.25) is 11.8 Å². The van der Waals surface area contributed by atoms with Crippen molar-refractivity contribution in [3.05, 3.63) is 12.2 Å². The highest BCUT2D eigenvalue weighted by atomic mass is 16.2. The maximum absolute atomic E-state index is 12.1. The zero-order chi connectivity index (χ0) is 17.0. The first kappa shape index (κ1) is 19.7. The van der Waals surface area contributed by atoms with Crippen molar-refractivity contribution >= 4 is 11.8 Å². The first-order valence-corrected chi connectivity index (χ1v) is 7.55. The van der Waals surface area contributed by atoms with Crippen molar-refractivity contribution in [3.63, 3.8) is 0 Å². The minimum Gasteiger partial charge on any atom is -0.326 e. The van der Waals surface area contributed by atoms with Crippen LogP contribution in [0.1, 0.15) is 40.0 Å². The smallest absolute Gasteiger partial charge is 0.247 e. The van der Waals surface area contributed by atoms with Crippen LogP contribution in [0.2, 0.25) is 0 Å². The van der Waals surface area contributed by atoms with E-state index < -0.39 is 6.04 Å². The van der Waals surface area contributed by atoms with Crippen molar-refractivity contribution in [3.8, 4) is 12.1 Å². The van der Waals surface area contributed by atoms with Gasteiger partial charge in [-0.25, -0.2) is 0 Å². The number of unbranched alkanes of at least 4 members (excludes halogenated alkanes) is 1. The number of hydrogen-bond acceptors (Lipinski definition) is 4. The van der Waals surface area contributed by atoms with Gasteiger partial charge in [0.15, 0.2) is 0 Å². The molecule has 0 saturated carbocycles. The Balaban J connectivity index is 4.83. The molecule has 0 radical (unpaired) electrons. The van der Waals surface area contributed by atoms with Gasteiger partial charge in [0, 0.05) is 25.2 Å². The molecule has 6 heteroatoms. The fourth-order valence-electron chi connectivity index (χ4n) is 1.85. The van der Waals surface area contributed by atoms with E-state index in [1.165, 1.54) is 22.0 Å². The normalized spacial score (nSPS) is 11.5. The lowest BCUT2D eigenvalue weighted by atomic mass is 10.2. The average molecular weight is 304 g/mol. The summed E-state index contributed by atoms with van der Waals surface area (Å²) >= 11 is 0. The first-order valence-electron chi connectivity index (χ1n) is 7.55. The Morgan fingerprint density at radius 2 is 1.73 bits per heavy atom. The molecule has 0 aliphatic rings. The number of hydrogen-bond donors (Lipinski definition) is 0. The van der Waals surface area contributed by atoms with Gasteiger partial charge < -0.3 is 9.80 Å². The van der Waals surface area contributed by atoms with Crippen molar-refractivity contribution in [2.45, 2.75) is 46.1 Å². The number of amides is 2. The molecule has 0 fully saturated rings. The second-order valence-electron chi connectivity index (χ2n) is 4.94. The van der Waals surface area contributed by atoms with Crippen LogP contribution >= 0.6 is 0 Å². The van der Waals surface area contributed by atoms with E-state index in [4.69, 9.17) is 10.5 Å². The van der Waals surface area contributed by atoms with Crippen molar-refractivity contribution in [1.82, 2.24) is 9.80 Å². The summed E-state index contributed by atoms with van der Waals surface area (Å²) in [7, 11) is 0. The molecule has 0 unspecified atom stereocenters. The summed E-state index contributed by atoms with van der Waals surface area (Å²) in [4.78, 5) is 26.9. The molecule has 0 aromatic rings. The van der Waals surface area contributed by atoms with Crippen LogP contribution in [0.15, 0.2) is 12.2 Å². The fraction of sp³-hybridized carbons (Fsp3) is 0.625. The van der Waals surface area contributed by atoms with Gasteiger partial charge in [0.1, 0.15) is 12.6 Å². The average Bonchev–Trinajstić information content (AvgIpc) is 2.53. The third kappa shape index (κ3) is 6.90. The minimum atomic E-state index is -0.539. The molecule has 0 aromatic heterocycles. The lowest BCUT2D eigenvalue weighted by Gasteiger charge is -2.23. The number of carbonyl (C=O) groups excluding carboxylic acids is 2. The van der Waals surface area contributed by atoms with E-state index in [0.717, 1.165) is 19.3 Å². The lowest BCUT2D eigenvalue weighted by molar-refractivity contribution is -0.128. The molecule has 0 N–H and O–H groups in total. The third-order valence-electron chi connectivity index (χ3n) is 3.13. The Hall–Kier alpha value is -2.34. The largest absolute Gasteiger partial charge is 0.326 e. The Labute approximate surface area is 132 Å². The highest BCUT2D eigenvalue weighted by Crippen LogP contribution is 2.03. The maximum Gasteiger partial charge on any atom is 0.247 e. The van der Waals surface area contributed by atoms with Crippen LogP contribution in [0.25, 0.3) is 0 Å². The van der Waals surface area contributed by atoms with E-state index in [0.29, 0.717) is 13.1 Å². The van der Waals surface area contributed by atoms with Crippen molar-refractivity contribution in [2.24, 2.45) is 0 Å². The molecule has 0 aliphatic carbocycles. The van der Waals surface area contributed by atoms with Crippen LogP contribution in [0.5, 0.6) is 0 Å². The van der Waals surface area contributed by atoms with Crippen molar-refractivity contribution in [2.75, 3.05) is 19.6 Å². The Morgan fingerprint density at radius 3 is 2.23 bits per heavy atom. The van der Waals surface area contributed by atoms with E-state index in [1.807, 2.05) is 26.0 Å². The molecule has 1 atom stereocenters. The highest BCUT2D eigenvalue weighted by molar-refractivity contribution is 5.97. The Bertz CT molecular complexity index is 474. The van der Waals surface area contributed by atoms with Crippen LogP contribution in [-0.4, -0.2) is 47.3 Å². The van der Waals surface area contributed by atoms with E-state index in [2.05, 4.69) is 0 Å². The molecular weight excluding hydrogens is 280 g/mol. The summed E-state index contributed by atoms with van der Waals surface area (Å²) in [5.41, 5.74) is 0. The quantitative estimate of drug-likeness (QED) is 0.480. The second-order valence-corrected chi connectivity index (χ2v) is 4.94. The summed E-state index contributed by atoms with van der Waals surface area (Å²) < 4.78 is 0. The zero-order valence-electron chi connectivity index (χ0n) is 13.6. The Morgan fingerprint density at radius 1 is 1.09 bits per heavy atom. The Kier molecular flexibility index (Phi) is 10.1. The number of nitrogens with zero attached hydrogens (tertiary/aromatic N) is 4. The molecule has 0 aliphatic heterocycles. The number of rotatable bonds is 9. The summed E-state index contributed by atoms with van der Waals surface area (Å²) in [6, 6.07) is 3.43. The van der Waals surface area contributed by atoms with Gasteiger partial charge in [-0.15, -0.1) is 0 Å². The molecular formula is C16H24N4O2. The predicted octanol–water partition coefficient (Wildman–Crippen LogP) is 1.85. The monoisotopic (exact) mass is 304 g/mol.